The minimum atomic E-state index is -0.0621. The van der Waals surface area contributed by atoms with E-state index in [1.165, 1.54) is 12.8 Å². The van der Waals surface area contributed by atoms with Crippen molar-refractivity contribution >= 4 is 11.6 Å². The maximum absolute atomic E-state index is 12.0. The number of para-hydroxylation sites is 1. The van der Waals surface area contributed by atoms with Crippen molar-refractivity contribution in [3.8, 4) is 0 Å². The van der Waals surface area contributed by atoms with Crippen molar-refractivity contribution in [2.45, 2.75) is 25.8 Å². The Kier molecular flexibility index (Phi) is 3.10. The fourth-order valence-electron chi connectivity index (χ4n) is 1.81. The van der Waals surface area contributed by atoms with Crippen molar-refractivity contribution in [2.24, 2.45) is 11.8 Å². The Balaban J connectivity index is 2.07. The summed E-state index contributed by atoms with van der Waals surface area (Å²) in [6.07, 6.45) is 2.44. The number of benzene rings is 1. The second kappa shape index (κ2) is 4.53. The molecular formula is C12H17N3O. The van der Waals surface area contributed by atoms with Crippen LogP contribution in [-0.4, -0.2) is 11.9 Å². The SMILES string of the molecule is CC(NC(=O)c1ccccc1NN)C1CC1. The number of carbonyl (C=O) groups is 1. The van der Waals surface area contributed by atoms with Gasteiger partial charge in [0.2, 0.25) is 0 Å². The van der Waals surface area contributed by atoms with Gasteiger partial charge in [-0.15, -0.1) is 0 Å². The lowest BCUT2D eigenvalue weighted by Crippen LogP contribution is -2.34. The molecule has 2 rings (SSSR count). The molecule has 4 heteroatoms. The van der Waals surface area contributed by atoms with Crippen LogP contribution < -0.4 is 16.6 Å². The largest absolute Gasteiger partial charge is 0.349 e. The van der Waals surface area contributed by atoms with E-state index in [2.05, 4.69) is 10.7 Å². The van der Waals surface area contributed by atoms with Gasteiger partial charge in [-0.05, 0) is 37.8 Å². The third-order valence-electron chi connectivity index (χ3n) is 3.02. The molecule has 0 heterocycles. The first-order chi connectivity index (χ1) is 7.72. The molecule has 1 fully saturated rings. The van der Waals surface area contributed by atoms with E-state index in [0.717, 1.165) is 0 Å². The number of hydrazine groups is 1. The Morgan fingerprint density at radius 2 is 2.12 bits per heavy atom. The fraction of sp³-hybridized carbons (Fsp3) is 0.417. The highest BCUT2D eigenvalue weighted by Gasteiger charge is 2.29. The Morgan fingerprint density at radius 1 is 1.44 bits per heavy atom. The molecule has 1 aromatic carbocycles. The van der Waals surface area contributed by atoms with Crippen LogP contribution in [0.3, 0.4) is 0 Å². The van der Waals surface area contributed by atoms with Crippen LogP contribution >= 0.6 is 0 Å². The Morgan fingerprint density at radius 3 is 2.75 bits per heavy atom. The average Bonchev–Trinajstić information content (AvgIpc) is 3.12. The Hall–Kier alpha value is -1.55. The van der Waals surface area contributed by atoms with E-state index >= 15 is 0 Å². The Labute approximate surface area is 95.2 Å². The van der Waals surface area contributed by atoms with Crippen LogP contribution in [0.15, 0.2) is 24.3 Å². The standard InChI is InChI=1S/C12H17N3O/c1-8(9-6-7-9)14-12(16)10-4-2-3-5-11(10)15-13/h2-5,8-9,15H,6-7,13H2,1H3,(H,14,16). The maximum atomic E-state index is 12.0. The van der Waals surface area contributed by atoms with Gasteiger partial charge >= 0.3 is 0 Å². The fourth-order valence-corrected chi connectivity index (χ4v) is 1.81. The van der Waals surface area contributed by atoms with Crippen molar-refractivity contribution in [1.29, 1.82) is 0 Å². The zero-order valence-corrected chi connectivity index (χ0v) is 9.36. The van der Waals surface area contributed by atoms with E-state index in [-0.39, 0.29) is 11.9 Å². The highest BCUT2D eigenvalue weighted by atomic mass is 16.1. The van der Waals surface area contributed by atoms with E-state index in [1.807, 2.05) is 19.1 Å². The molecule has 16 heavy (non-hydrogen) atoms. The molecule has 1 saturated carbocycles. The molecule has 0 spiro atoms. The minimum absolute atomic E-state index is 0.0621. The van der Waals surface area contributed by atoms with Gasteiger partial charge in [0.25, 0.3) is 5.91 Å². The van der Waals surface area contributed by atoms with Crippen molar-refractivity contribution in [3.05, 3.63) is 29.8 Å². The molecule has 4 nitrogen and oxygen atoms in total. The van der Waals surface area contributed by atoms with Crippen molar-refractivity contribution in [1.82, 2.24) is 5.32 Å². The molecule has 1 aliphatic rings. The van der Waals surface area contributed by atoms with Crippen LogP contribution in [0.2, 0.25) is 0 Å². The van der Waals surface area contributed by atoms with Crippen LogP contribution in [-0.2, 0) is 0 Å². The summed E-state index contributed by atoms with van der Waals surface area (Å²) < 4.78 is 0. The third kappa shape index (κ3) is 2.33. The average molecular weight is 219 g/mol. The molecule has 0 radical (unpaired) electrons. The summed E-state index contributed by atoms with van der Waals surface area (Å²) in [5, 5.41) is 3.00. The number of nitrogens with two attached hydrogens (primary N) is 1. The van der Waals surface area contributed by atoms with Gasteiger partial charge in [0.15, 0.2) is 0 Å². The van der Waals surface area contributed by atoms with E-state index in [9.17, 15) is 4.79 Å². The topological polar surface area (TPSA) is 67.2 Å². The summed E-state index contributed by atoms with van der Waals surface area (Å²) in [4.78, 5) is 12.0. The van der Waals surface area contributed by atoms with Crippen molar-refractivity contribution < 1.29 is 4.79 Å². The summed E-state index contributed by atoms with van der Waals surface area (Å²) in [7, 11) is 0. The third-order valence-corrected chi connectivity index (χ3v) is 3.02. The van der Waals surface area contributed by atoms with E-state index < -0.39 is 0 Å². The number of nitrogens with one attached hydrogen (secondary N) is 2. The number of anilines is 1. The number of amides is 1. The second-order valence-electron chi connectivity index (χ2n) is 4.29. The molecule has 0 bridgehead atoms. The highest BCUT2D eigenvalue weighted by Crippen LogP contribution is 2.32. The van der Waals surface area contributed by atoms with Gasteiger partial charge in [-0.3, -0.25) is 10.6 Å². The number of hydrogen-bond acceptors (Lipinski definition) is 3. The molecule has 1 aliphatic carbocycles. The molecule has 1 unspecified atom stereocenters. The van der Waals surface area contributed by atoms with Crippen LogP contribution in [0.1, 0.15) is 30.1 Å². The van der Waals surface area contributed by atoms with Gasteiger partial charge in [-0.25, -0.2) is 0 Å². The van der Waals surface area contributed by atoms with Crippen molar-refractivity contribution in [3.63, 3.8) is 0 Å². The zero-order chi connectivity index (χ0) is 11.5. The monoisotopic (exact) mass is 219 g/mol. The summed E-state index contributed by atoms with van der Waals surface area (Å²) in [6, 6.07) is 7.48. The first kappa shape index (κ1) is 11.0. The minimum Gasteiger partial charge on any atom is -0.349 e. The second-order valence-corrected chi connectivity index (χ2v) is 4.29. The molecule has 0 saturated heterocycles. The summed E-state index contributed by atoms with van der Waals surface area (Å²) in [5.74, 6) is 5.95. The van der Waals surface area contributed by atoms with Gasteiger partial charge in [0.05, 0.1) is 11.3 Å². The summed E-state index contributed by atoms with van der Waals surface area (Å²) >= 11 is 0. The van der Waals surface area contributed by atoms with Gasteiger partial charge in [-0.1, -0.05) is 12.1 Å². The maximum Gasteiger partial charge on any atom is 0.253 e. The highest BCUT2D eigenvalue weighted by molar-refractivity contribution is 5.99. The molecule has 1 amide bonds. The summed E-state index contributed by atoms with van der Waals surface area (Å²) in [6.45, 7) is 2.05. The van der Waals surface area contributed by atoms with Crippen molar-refractivity contribution in [2.75, 3.05) is 5.43 Å². The van der Waals surface area contributed by atoms with Crippen LogP contribution in [0, 0.1) is 5.92 Å². The normalized spacial score (nSPS) is 16.6. The molecule has 1 aromatic rings. The zero-order valence-electron chi connectivity index (χ0n) is 9.36. The number of hydrogen-bond donors (Lipinski definition) is 3. The van der Waals surface area contributed by atoms with Gasteiger partial charge < -0.3 is 10.7 Å². The number of carbonyl (C=O) groups excluding carboxylic acids is 1. The smallest absolute Gasteiger partial charge is 0.253 e. The first-order valence-electron chi connectivity index (χ1n) is 5.59. The predicted molar refractivity (Wildman–Crippen MR) is 63.9 cm³/mol. The quantitative estimate of drug-likeness (QED) is 0.531. The number of rotatable bonds is 4. The van der Waals surface area contributed by atoms with Crippen LogP contribution in [0.5, 0.6) is 0 Å². The number of nitrogen functional groups attached to an aromatic ring is 1. The van der Waals surface area contributed by atoms with E-state index in [0.29, 0.717) is 17.2 Å². The lowest BCUT2D eigenvalue weighted by atomic mass is 10.1. The van der Waals surface area contributed by atoms with Gasteiger partial charge in [0, 0.05) is 6.04 Å². The summed E-state index contributed by atoms with van der Waals surface area (Å²) in [5.41, 5.74) is 3.78. The van der Waals surface area contributed by atoms with Crippen LogP contribution in [0.25, 0.3) is 0 Å². The van der Waals surface area contributed by atoms with E-state index in [4.69, 9.17) is 5.84 Å². The molecule has 0 aromatic heterocycles. The molecule has 0 aliphatic heterocycles. The predicted octanol–water partition coefficient (Wildman–Crippen LogP) is 1.50. The molecule has 1 atom stereocenters. The lowest BCUT2D eigenvalue weighted by Gasteiger charge is -2.14. The van der Waals surface area contributed by atoms with E-state index in [1.54, 1.807) is 12.1 Å². The lowest BCUT2D eigenvalue weighted by molar-refractivity contribution is 0.0936. The molecular weight excluding hydrogens is 202 g/mol. The Bertz CT molecular complexity index is 388. The first-order valence-corrected chi connectivity index (χ1v) is 5.59. The molecule has 86 valence electrons. The van der Waals surface area contributed by atoms with Crippen LogP contribution in [0.4, 0.5) is 5.69 Å². The molecule has 4 N–H and O–H groups in total. The van der Waals surface area contributed by atoms with Gasteiger partial charge in [-0.2, -0.15) is 0 Å². The van der Waals surface area contributed by atoms with Gasteiger partial charge in [0.1, 0.15) is 0 Å².